The Morgan fingerprint density at radius 2 is 2.23 bits per heavy atom. The zero-order chi connectivity index (χ0) is 14.5. The number of carbonyl (C=O) groups excluding carboxylic acids is 1. The fourth-order valence-electron chi connectivity index (χ4n) is 2.25. The van der Waals surface area contributed by atoms with Crippen LogP contribution in [0.1, 0.15) is 6.42 Å². The van der Waals surface area contributed by atoms with Crippen LogP contribution in [-0.4, -0.2) is 36.7 Å². The number of nitrogens with zero attached hydrogens (tertiary/aromatic N) is 1. The summed E-state index contributed by atoms with van der Waals surface area (Å²) in [5.74, 6) is -0.00000129. The van der Waals surface area contributed by atoms with Crippen molar-refractivity contribution in [2.24, 2.45) is 0 Å². The lowest BCUT2D eigenvalue weighted by molar-refractivity contribution is -0.117. The van der Waals surface area contributed by atoms with Gasteiger partial charge in [0.1, 0.15) is 5.01 Å². The molecule has 2 heterocycles. The minimum absolute atomic E-state index is 0. The van der Waals surface area contributed by atoms with E-state index in [1.54, 1.807) is 17.5 Å². The second kappa shape index (κ2) is 8.24. The average Bonchev–Trinajstić information content (AvgIpc) is 3.03. The van der Waals surface area contributed by atoms with E-state index in [-0.39, 0.29) is 24.4 Å². The quantitative estimate of drug-likeness (QED) is 0.898. The highest BCUT2D eigenvalue weighted by molar-refractivity contribution is 7.13. The zero-order valence-electron chi connectivity index (χ0n) is 12.0. The highest BCUT2D eigenvalue weighted by Crippen LogP contribution is 2.23. The Labute approximate surface area is 139 Å². The van der Waals surface area contributed by atoms with Crippen LogP contribution in [0, 0.1) is 0 Å². The fraction of sp³-hybridized carbons (Fsp3) is 0.333. The van der Waals surface area contributed by atoms with Crippen LogP contribution in [0.15, 0.2) is 35.8 Å². The van der Waals surface area contributed by atoms with Gasteiger partial charge in [0.15, 0.2) is 0 Å². The first kappa shape index (κ1) is 16.9. The maximum absolute atomic E-state index is 12.0. The first-order valence-electron chi connectivity index (χ1n) is 6.92. The van der Waals surface area contributed by atoms with Crippen LogP contribution in [0.3, 0.4) is 0 Å². The number of rotatable bonds is 4. The van der Waals surface area contributed by atoms with Crippen molar-refractivity contribution in [2.45, 2.75) is 12.5 Å². The van der Waals surface area contributed by atoms with Gasteiger partial charge in [0, 0.05) is 41.8 Å². The Morgan fingerprint density at radius 1 is 1.41 bits per heavy atom. The zero-order valence-corrected chi connectivity index (χ0v) is 13.6. The van der Waals surface area contributed by atoms with Gasteiger partial charge in [-0.2, -0.15) is 0 Å². The van der Waals surface area contributed by atoms with Crippen molar-refractivity contribution in [3.05, 3.63) is 35.8 Å². The van der Waals surface area contributed by atoms with Gasteiger partial charge >= 0.3 is 0 Å². The standard InChI is InChI=1S/C15H17N3O2S.ClH/c19-14(9-13-10-20-7-5-16-13)18-12-3-1-11(2-4-12)15-17-6-8-21-15;/h1-4,6,8,13,16H,5,7,9-10H2,(H,18,19);1H. The molecule has 2 aromatic rings. The van der Waals surface area contributed by atoms with Crippen molar-refractivity contribution in [2.75, 3.05) is 25.1 Å². The predicted molar refractivity (Wildman–Crippen MR) is 90.7 cm³/mol. The second-order valence-corrected chi connectivity index (χ2v) is 5.79. The molecule has 22 heavy (non-hydrogen) atoms. The number of benzene rings is 1. The highest BCUT2D eigenvalue weighted by atomic mass is 35.5. The smallest absolute Gasteiger partial charge is 0.226 e. The molecule has 5 nitrogen and oxygen atoms in total. The number of hydrogen-bond donors (Lipinski definition) is 2. The fourth-order valence-corrected chi connectivity index (χ4v) is 2.89. The Morgan fingerprint density at radius 3 is 2.86 bits per heavy atom. The molecule has 1 saturated heterocycles. The molecule has 1 unspecified atom stereocenters. The van der Waals surface area contributed by atoms with Gasteiger partial charge in [-0.15, -0.1) is 23.7 Å². The van der Waals surface area contributed by atoms with Crippen molar-refractivity contribution in [3.63, 3.8) is 0 Å². The molecule has 2 N–H and O–H groups in total. The molecule has 118 valence electrons. The molecule has 1 aromatic carbocycles. The molecule has 7 heteroatoms. The summed E-state index contributed by atoms with van der Waals surface area (Å²) in [5, 5.41) is 9.11. The SMILES string of the molecule is Cl.O=C(CC1COCCN1)Nc1ccc(-c2nccs2)cc1. The molecule has 0 aliphatic carbocycles. The van der Waals surface area contributed by atoms with Gasteiger partial charge in [0.2, 0.25) is 5.91 Å². The van der Waals surface area contributed by atoms with Crippen molar-refractivity contribution in [1.29, 1.82) is 0 Å². The molecule has 0 saturated carbocycles. The number of anilines is 1. The van der Waals surface area contributed by atoms with E-state index in [1.165, 1.54) is 0 Å². The van der Waals surface area contributed by atoms with Crippen LogP contribution in [0.2, 0.25) is 0 Å². The van der Waals surface area contributed by atoms with Gasteiger partial charge in [-0.3, -0.25) is 4.79 Å². The van der Waals surface area contributed by atoms with Crippen LogP contribution in [-0.2, 0) is 9.53 Å². The monoisotopic (exact) mass is 339 g/mol. The third-order valence-corrected chi connectivity index (χ3v) is 4.10. The third-order valence-electron chi connectivity index (χ3n) is 3.28. The highest BCUT2D eigenvalue weighted by Gasteiger charge is 2.16. The van der Waals surface area contributed by atoms with Gasteiger partial charge in [0.05, 0.1) is 13.2 Å². The van der Waals surface area contributed by atoms with Crippen molar-refractivity contribution in [3.8, 4) is 10.6 Å². The first-order valence-corrected chi connectivity index (χ1v) is 7.80. The largest absolute Gasteiger partial charge is 0.378 e. The number of morpholine rings is 1. The molecule has 1 aliphatic heterocycles. The van der Waals surface area contributed by atoms with Crippen LogP contribution in [0.4, 0.5) is 5.69 Å². The summed E-state index contributed by atoms with van der Waals surface area (Å²) in [6.45, 7) is 2.12. The molecule has 0 radical (unpaired) electrons. The van der Waals surface area contributed by atoms with E-state index >= 15 is 0 Å². The lowest BCUT2D eigenvalue weighted by atomic mass is 10.1. The number of carbonyl (C=O) groups is 1. The van der Waals surface area contributed by atoms with Gasteiger partial charge < -0.3 is 15.4 Å². The Bertz CT molecular complexity index is 583. The van der Waals surface area contributed by atoms with Gasteiger partial charge in [0.25, 0.3) is 0 Å². The number of thiazole rings is 1. The summed E-state index contributed by atoms with van der Waals surface area (Å²) in [6, 6.07) is 7.85. The summed E-state index contributed by atoms with van der Waals surface area (Å²) in [7, 11) is 0. The molecule has 3 rings (SSSR count). The molecular formula is C15H18ClN3O2S. The lowest BCUT2D eigenvalue weighted by Crippen LogP contribution is -2.43. The minimum Gasteiger partial charge on any atom is -0.378 e. The second-order valence-electron chi connectivity index (χ2n) is 4.89. The van der Waals surface area contributed by atoms with E-state index < -0.39 is 0 Å². The van der Waals surface area contributed by atoms with Gasteiger partial charge in [-0.1, -0.05) is 0 Å². The summed E-state index contributed by atoms with van der Waals surface area (Å²) in [4.78, 5) is 16.2. The molecular weight excluding hydrogens is 322 g/mol. The van der Waals surface area contributed by atoms with E-state index in [9.17, 15) is 4.79 Å². The topological polar surface area (TPSA) is 63.2 Å². The maximum atomic E-state index is 12.0. The number of aromatic nitrogens is 1. The molecule has 1 fully saturated rings. The number of ether oxygens (including phenoxy) is 1. The van der Waals surface area contributed by atoms with Crippen LogP contribution in [0.5, 0.6) is 0 Å². The first-order chi connectivity index (χ1) is 10.3. The van der Waals surface area contributed by atoms with E-state index in [0.29, 0.717) is 13.0 Å². The normalized spacial score (nSPS) is 17.5. The molecule has 0 bridgehead atoms. The summed E-state index contributed by atoms with van der Waals surface area (Å²) >= 11 is 1.60. The number of halogens is 1. The maximum Gasteiger partial charge on any atom is 0.226 e. The summed E-state index contributed by atoms with van der Waals surface area (Å²) < 4.78 is 5.34. The van der Waals surface area contributed by atoms with E-state index in [0.717, 1.165) is 29.4 Å². The predicted octanol–water partition coefficient (Wildman–Crippen LogP) is 2.55. The van der Waals surface area contributed by atoms with E-state index in [4.69, 9.17) is 4.74 Å². The van der Waals surface area contributed by atoms with E-state index in [1.807, 2.05) is 29.6 Å². The van der Waals surface area contributed by atoms with Gasteiger partial charge in [-0.25, -0.2) is 4.98 Å². The third kappa shape index (κ3) is 4.51. The van der Waals surface area contributed by atoms with Crippen molar-refractivity contribution >= 4 is 35.3 Å². The number of nitrogens with one attached hydrogen (secondary N) is 2. The Hall–Kier alpha value is -1.47. The summed E-state index contributed by atoms with van der Waals surface area (Å²) in [6.07, 6.45) is 2.21. The Balaban J connectivity index is 0.00000176. The molecule has 1 aliphatic rings. The van der Waals surface area contributed by atoms with Gasteiger partial charge in [-0.05, 0) is 24.3 Å². The van der Waals surface area contributed by atoms with Crippen LogP contribution < -0.4 is 10.6 Å². The molecule has 1 aromatic heterocycles. The number of amides is 1. The minimum atomic E-state index is -0.00000129. The van der Waals surface area contributed by atoms with Crippen LogP contribution in [0.25, 0.3) is 10.6 Å². The van der Waals surface area contributed by atoms with Crippen molar-refractivity contribution in [1.82, 2.24) is 10.3 Å². The molecule has 0 spiro atoms. The molecule has 1 amide bonds. The van der Waals surface area contributed by atoms with E-state index in [2.05, 4.69) is 15.6 Å². The number of hydrogen-bond acceptors (Lipinski definition) is 5. The summed E-state index contributed by atoms with van der Waals surface area (Å²) in [5.41, 5.74) is 1.86. The van der Waals surface area contributed by atoms with Crippen LogP contribution >= 0.6 is 23.7 Å². The lowest BCUT2D eigenvalue weighted by Gasteiger charge is -2.23. The van der Waals surface area contributed by atoms with Crippen molar-refractivity contribution < 1.29 is 9.53 Å². The molecule has 1 atom stereocenters. The average molecular weight is 340 g/mol. The Kier molecular flexibility index (Phi) is 6.33.